The molecule has 0 aliphatic carbocycles. The number of hydrazine groups is 2. The van der Waals surface area contributed by atoms with Crippen LogP contribution in [-0.2, 0) is 10.7 Å². The Morgan fingerprint density at radius 2 is 2.08 bits per heavy atom. The highest BCUT2D eigenvalue weighted by atomic mass is 35.5. The van der Waals surface area contributed by atoms with E-state index in [1.807, 2.05) is 49.3 Å². The van der Waals surface area contributed by atoms with Gasteiger partial charge in [-0.1, -0.05) is 18.2 Å². The number of aryl methyl sites for hydroxylation is 1. The number of aliphatic carboxylic acids is 1. The maximum absolute atomic E-state index is 11.5. The highest BCUT2D eigenvalue weighted by Crippen LogP contribution is 2.42. The van der Waals surface area contributed by atoms with Crippen LogP contribution in [0.2, 0.25) is 0 Å². The molecule has 0 radical (unpaired) electrons. The van der Waals surface area contributed by atoms with E-state index >= 15 is 0 Å². The first-order valence-corrected chi connectivity index (χ1v) is 8.82. The fourth-order valence-electron chi connectivity index (χ4n) is 3.28. The SMILES string of the molecule is COc1cc(C(CC(=O)O)c2ccc(C)c(CCl)c2)cc2c1N(C)NN2. The standard InChI is InChI=1S/C19H22ClN3O3/c1-11-4-5-12(6-14(11)10-20)15(9-18(24)25)13-7-16-19(17(8-13)26-3)23(2)22-21-16/h4-8,15,21-22H,9-10H2,1-3H3,(H,24,25). The second-order valence-electron chi connectivity index (χ2n) is 6.39. The van der Waals surface area contributed by atoms with Gasteiger partial charge in [-0.25, -0.2) is 0 Å². The molecule has 0 spiro atoms. The molecule has 138 valence electrons. The zero-order valence-electron chi connectivity index (χ0n) is 15.0. The Balaban J connectivity index is 2.11. The topological polar surface area (TPSA) is 73.8 Å². The van der Waals surface area contributed by atoms with Gasteiger partial charge in [0.15, 0.2) is 0 Å². The summed E-state index contributed by atoms with van der Waals surface area (Å²) in [5.41, 5.74) is 11.7. The third-order valence-corrected chi connectivity index (χ3v) is 5.00. The quantitative estimate of drug-likeness (QED) is 0.669. The van der Waals surface area contributed by atoms with Crippen molar-refractivity contribution >= 4 is 28.9 Å². The van der Waals surface area contributed by atoms with Crippen LogP contribution in [-0.4, -0.2) is 25.2 Å². The molecule has 0 amide bonds. The summed E-state index contributed by atoms with van der Waals surface area (Å²) in [6.07, 6.45) is -0.0179. The molecule has 3 N–H and O–H groups in total. The number of carbonyl (C=O) groups is 1. The van der Waals surface area contributed by atoms with Gasteiger partial charge in [-0.15, -0.1) is 17.1 Å². The van der Waals surface area contributed by atoms with Gasteiger partial charge in [0, 0.05) is 18.8 Å². The number of halogens is 1. The molecule has 1 atom stereocenters. The summed E-state index contributed by atoms with van der Waals surface area (Å²) in [7, 11) is 3.48. The molecule has 1 unspecified atom stereocenters. The van der Waals surface area contributed by atoms with Crippen molar-refractivity contribution in [3.8, 4) is 5.75 Å². The number of carboxylic acid groups (broad SMARTS) is 1. The van der Waals surface area contributed by atoms with Gasteiger partial charge < -0.3 is 15.3 Å². The maximum Gasteiger partial charge on any atom is 0.304 e. The lowest BCUT2D eigenvalue weighted by Crippen LogP contribution is -2.31. The average Bonchev–Trinajstić information content (AvgIpc) is 3.00. The number of fused-ring (bicyclic) bond motifs is 1. The molecule has 1 aliphatic heterocycles. The van der Waals surface area contributed by atoms with Crippen LogP contribution in [0.1, 0.15) is 34.6 Å². The van der Waals surface area contributed by atoms with Crippen LogP contribution in [0.25, 0.3) is 0 Å². The van der Waals surface area contributed by atoms with E-state index in [9.17, 15) is 9.90 Å². The van der Waals surface area contributed by atoms with Gasteiger partial charge in [0.1, 0.15) is 11.4 Å². The number of methoxy groups -OCH3 is 1. The van der Waals surface area contributed by atoms with Crippen molar-refractivity contribution in [2.24, 2.45) is 0 Å². The number of benzene rings is 2. The highest BCUT2D eigenvalue weighted by molar-refractivity contribution is 6.17. The number of hydrogen-bond donors (Lipinski definition) is 3. The molecule has 0 aromatic heterocycles. The normalized spacial score (nSPS) is 13.9. The number of rotatable bonds is 6. The second kappa shape index (κ2) is 7.43. The van der Waals surface area contributed by atoms with Crippen LogP contribution in [0.3, 0.4) is 0 Å². The lowest BCUT2D eigenvalue weighted by Gasteiger charge is -2.20. The van der Waals surface area contributed by atoms with E-state index in [0.29, 0.717) is 11.6 Å². The zero-order chi connectivity index (χ0) is 18.8. The van der Waals surface area contributed by atoms with Crippen LogP contribution in [0, 0.1) is 6.92 Å². The molecule has 1 aliphatic rings. The Bertz CT molecular complexity index is 841. The molecule has 6 nitrogen and oxygen atoms in total. The first kappa shape index (κ1) is 18.4. The molecular weight excluding hydrogens is 354 g/mol. The molecule has 0 fully saturated rings. The number of ether oxygens (including phenoxy) is 1. The Morgan fingerprint density at radius 1 is 1.31 bits per heavy atom. The van der Waals surface area contributed by atoms with Crippen molar-refractivity contribution in [2.75, 3.05) is 24.6 Å². The number of nitrogens with zero attached hydrogens (tertiary/aromatic N) is 1. The first-order valence-electron chi connectivity index (χ1n) is 8.29. The summed E-state index contributed by atoms with van der Waals surface area (Å²) < 4.78 is 5.53. The number of hydrogen-bond acceptors (Lipinski definition) is 5. The average molecular weight is 376 g/mol. The summed E-state index contributed by atoms with van der Waals surface area (Å²) in [5.74, 6) is -0.0892. The molecule has 3 rings (SSSR count). The van der Waals surface area contributed by atoms with Crippen LogP contribution >= 0.6 is 11.6 Å². The molecule has 0 saturated heterocycles. The molecule has 1 heterocycles. The summed E-state index contributed by atoms with van der Waals surface area (Å²) in [6.45, 7) is 2.00. The predicted octanol–water partition coefficient (Wildman–Crippen LogP) is 3.63. The van der Waals surface area contributed by atoms with Crippen molar-refractivity contribution in [3.05, 3.63) is 52.6 Å². The Kier molecular flexibility index (Phi) is 5.25. The fourth-order valence-corrected chi connectivity index (χ4v) is 3.57. The monoisotopic (exact) mass is 375 g/mol. The third-order valence-electron chi connectivity index (χ3n) is 4.71. The van der Waals surface area contributed by atoms with Gasteiger partial charge >= 0.3 is 5.97 Å². The Labute approximate surface area is 157 Å². The maximum atomic E-state index is 11.5. The summed E-state index contributed by atoms with van der Waals surface area (Å²) in [4.78, 5) is 11.5. The summed E-state index contributed by atoms with van der Waals surface area (Å²) >= 11 is 6.04. The van der Waals surface area contributed by atoms with Crippen molar-refractivity contribution in [3.63, 3.8) is 0 Å². The third kappa shape index (κ3) is 3.43. The van der Waals surface area contributed by atoms with E-state index in [1.165, 1.54) is 0 Å². The Morgan fingerprint density at radius 3 is 2.73 bits per heavy atom. The van der Waals surface area contributed by atoms with E-state index in [4.69, 9.17) is 16.3 Å². The second-order valence-corrected chi connectivity index (χ2v) is 6.65. The van der Waals surface area contributed by atoms with E-state index in [-0.39, 0.29) is 12.3 Å². The largest absolute Gasteiger partial charge is 0.494 e. The van der Waals surface area contributed by atoms with Gasteiger partial charge in [-0.3, -0.25) is 9.80 Å². The molecular formula is C19H22ClN3O3. The van der Waals surface area contributed by atoms with Gasteiger partial charge in [-0.2, -0.15) is 0 Å². The predicted molar refractivity (Wildman–Crippen MR) is 103 cm³/mol. The van der Waals surface area contributed by atoms with Gasteiger partial charge in [0.25, 0.3) is 0 Å². The van der Waals surface area contributed by atoms with Crippen molar-refractivity contribution in [1.29, 1.82) is 0 Å². The van der Waals surface area contributed by atoms with Gasteiger partial charge in [0.2, 0.25) is 0 Å². The highest BCUT2D eigenvalue weighted by Gasteiger charge is 2.26. The van der Waals surface area contributed by atoms with E-state index in [0.717, 1.165) is 33.6 Å². The number of nitrogens with one attached hydrogen (secondary N) is 2. The zero-order valence-corrected chi connectivity index (χ0v) is 15.7. The molecule has 0 bridgehead atoms. The summed E-state index contributed by atoms with van der Waals surface area (Å²) in [5, 5.41) is 11.3. The fraction of sp³-hybridized carbons (Fsp3) is 0.316. The van der Waals surface area contributed by atoms with Crippen molar-refractivity contribution in [2.45, 2.75) is 25.1 Å². The van der Waals surface area contributed by atoms with Crippen molar-refractivity contribution < 1.29 is 14.6 Å². The summed E-state index contributed by atoms with van der Waals surface area (Å²) in [6, 6.07) is 9.81. The van der Waals surface area contributed by atoms with E-state index in [1.54, 1.807) is 7.11 Å². The van der Waals surface area contributed by atoms with Crippen LogP contribution < -0.4 is 20.7 Å². The number of anilines is 2. The molecule has 0 saturated carbocycles. The van der Waals surface area contributed by atoms with Crippen LogP contribution in [0.5, 0.6) is 5.75 Å². The molecule has 26 heavy (non-hydrogen) atoms. The molecule has 2 aromatic rings. The van der Waals surface area contributed by atoms with E-state index < -0.39 is 5.97 Å². The minimum Gasteiger partial charge on any atom is -0.494 e. The number of carboxylic acids is 1. The van der Waals surface area contributed by atoms with Gasteiger partial charge in [0.05, 0.1) is 19.2 Å². The minimum atomic E-state index is -0.856. The minimum absolute atomic E-state index is 0.0179. The van der Waals surface area contributed by atoms with Crippen LogP contribution in [0.4, 0.5) is 11.4 Å². The number of alkyl halides is 1. The molecule has 7 heteroatoms. The lowest BCUT2D eigenvalue weighted by atomic mass is 9.86. The van der Waals surface area contributed by atoms with Crippen LogP contribution in [0.15, 0.2) is 30.3 Å². The van der Waals surface area contributed by atoms with Crippen molar-refractivity contribution in [1.82, 2.24) is 5.53 Å². The lowest BCUT2D eigenvalue weighted by molar-refractivity contribution is -0.137. The smallest absolute Gasteiger partial charge is 0.304 e. The molecule has 2 aromatic carbocycles. The van der Waals surface area contributed by atoms with E-state index in [2.05, 4.69) is 11.0 Å². The van der Waals surface area contributed by atoms with Gasteiger partial charge in [-0.05, 0) is 41.3 Å². The Hall–Kier alpha value is -2.44. The first-order chi connectivity index (χ1) is 12.4.